The van der Waals surface area contributed by atoms with Crippen LogP contribution < -0.4 is 5.43 Å². The highest BCUT2D eigenvalue weighted by molar-refractivity contribution is 5.92. The van der Waals surface area contributed by atoms with Crippen LogP contribution >= 0.6 is 0 Å². The molecular formula is C22H26N2O2. The molecule has 2 aromatic rings. The molecule has 3 rings (SSSR count). The van der Waals surface area contributed by atoms with Crippen molar-refractivity contribution in [1.82, 2.24) is 5.43 Å². The number of carbonyl (C=O) groups excluding carboxylic acids is 1. The van der Waals surface area contributed by atoms with Crippen LogP contribution in [0.5, 0.6) is 0 Å². The molecule has 0 spiro atoms. The minimum atomic E-state index is -1.78. The van der Waals surface area contributed by atoms with E-state index >= 15 is 0 Å². The first kappa shape index (κ1) is 18.3. The Kier molecular flexibility index (Phi) is 5.52. The molecule has 0 heterocycles. The molecule has 0 atom stereocenters. The molecule has 0 saturated heterocycles. The molecule has 0 bridgehead atoms. The van der Waals surface area contributed by atoms with E-state index in [1.54, 1.807) is 12.1 Å². The molecule has 1 amide bonds. The summed E-state index contributed by atoms with van der Waals surface area (Å²) in [4.78, 5) is 13.1. The van der Waals surface area contributed by atoms with Gasteiger partial charge >= 0.3 is 0 Å². The fourth-order valence-corrected chi connectivity index (χ4v) is 3.45. The number of hydrogen-bond acceptors (Lipinski definition) is 3. The van der Waals surface area contributed by atoms with Crippen molar-refractivity contribution in [1.29, 1.82) is 0 Å². The number of rotatable bonds is 4. The van der Waals surface area contributed by atoms with Gasteiger partial charge in [-0.15, -0.1) is 0 Å². The highest BCUT2D eigenvalue weighted by Crippen LogP contribution is 2.31. The molecule has 26 heavy (non-hydrogen) atoms. The number of aliphatic hydroxyl groups is 1. The fraction of sp³-hybridized carbons (Fsp3) is 0.364. The Morgan fingerprint density at radius 2 is 1.50 bits per heavy atom. The van der Waals surface area contributed by atoms with E-state index in [1.807, 2.05) is 50.2 Å². The van der Waals surface area contributed by atoms with Crippen LogP contribution in [-0.4, -0.2) is 16.7 Å². The number of amides is 1. The van der Waals surface area contributed by atoms with Gasteiger partial charge in [-0.3, -0.25) is 4.79 Å². The first-order valence-electron chi connectivity index (χ1n) is 9.22. The fourth-order valence-electron chi connectivity index (χ4n) is 3.45. The van der Waals surface area contributed by atoms with Crippen LogP contribution in [0.4, 0.5) is 0 Å². The van der Waals surface area contributed by atoms with Crippen molar-refractivity contribution in [2.45, 2.75) is 51.6 Å². The summed E-state index contributed by atoms with van der Waals surface area (Å²) < 4.78 is 0. The van der Waals surface area contributed by atoms with Crippen LogP contribution in [0.1, 0.15) is 54.4 Å². The largest absolute Gasteiger partial charge is 0.372 e. The third-order valence-electron chi connectivity index (χ3n) is 4.95. The molecule has 1 saturated carbocycles. The van der Waals surface area contributed by atoms with Crippen molar-refractivity contribution in [3.63, 3.8) is 0 Å². The molecule has 2 aromatic carbocycles. The molecule has 1 fully saturated rings. The molecule has 0 radical (unpaired) electrons. The van der Waals surface area contributed by atoms with E-state index in [4.69, 9.17) is 0 Å². The number of nitrogens with zero attached hydrogens (tertiary/aromatic N) is 1. The maximum atomic E-state index is 13.1. The first-order chi connectivity index (χ1) is 12.5. The van der Waals surface area contributed by atoms with Crippen LogP contribution in [0, 0.1) is 13.8 Å². The van der Waals surface area contributed by atoms with Crippen molar-refractivity contribution < 1.29 is 9.90 Å². The van der Waals surface area contributed by atoms with Gasteiger partial charge in [0.05, 0.1) is 0 Å². The number of benzene rings is 2. The number of carbonyl (C=O) groups is 1. The van der Waals surface area contributed by atoms with Crippen LogP contribution in [0.2, 0.25) is 0 Å². The Morgan fingerprint density at radius 3 is 2.00 bits per heavy atom. The average Bonchev–Trinajstić information content (AvgIpc) is 2.66. The van der Waals surface area contributed by atoms with Gasteiger partial charge in [-0.1, -0.05) is 66.1 Å². The number of nitrogens with one attached hydrogen (secondary N) is 1. The van der Waals surface area contributed by atoms with Crippen LogP contribution in [-0.2, 0) is 10.4 Å². The van der Waals surface area contributed by atoms with Gasteiger partial charge in [-0.2, -0.15) is 5.10 Å². The van der Waals surface area contributed by atoms with Gasteiger partial charge < -0.3 is 5.11 Å². The predicted octanol–water partition coefficient (Wildman–Crippen LogP) is 3.98. The van der Waals surface area contributed by atoms with E-state index in [9.17, 15) is 9.90 Å². The van der Waals surface area contributed by atoms with E-state index in [1.165, 1.54) is 6.42 Å². The van der Waals surface area contributed by atoms with Crippen LogP contribution in [0.15, 0.2) is 53.6 Å². The third-order valence-corrected chi connectivity index (χ3v) is 4.95. The molecule has 0 unspecified atom stereocenters. The highest BCUT2D eigenvalue weighted by atomic mass is 16.3. The molecule has 1 aliphatic rings. The normalized spacial score (nSPS) is 14.8. The molecule has 4 heteroatoms. The smallest absolute Gasteiger partial charge is 0.281 e. The quantitative estimate of drug-likeness (QED) is 0.820. The van der Waals surface area contributed by atoms with Gasteiger partial charge in [0.2, 0.25) is 0 Å². The van der Waals surface area contributed by atoms with Gasteiger partial charge in [0, 0.05) is 5.71 Å². The maximum absolute atomic E-state index is 13.1. The van der Waals surface area contributed by atoms with Crippen molar-refractivity contribution in [3.8, 4) is 0 Å². The summed E-state index contributed by atoms with van der Waals surface area (Å²) in [7, 11) is 0. The SMILES string of the molecule is Cc1cccc(C(O)(C(=O)NN=C2CCCCC2)c2cccc(C)c2)c1. The summed E-state index contributed by atoms with van der Waals surface area (Å²) >= 11 is 0. The zero-order valence-electron chi connectivity index (χ0n) is 15.5. The third kappa shape index (κ3) is 3.86. The average molecular weight is 350 g/mol. The van der Waals surface area contributed by atoms with Gasteiger partial charge in [-0.25, -0.2) is 5.43 Å². The second kappa shape index (κ2) is 7.83. The van der Waals surface area contributed by atoms with Gasteiger partial charge in [0.1, 0.15) is 0 Å². The lowest BCUT2D eigenvalue weighted by atomic mass is 9.84. The molecule has 2 N–H and O–H groups in total. The molecule has 0 aliphatic heterocycles. The first-order valence-corrected chi connectivity index (χ1v) is 9.22. The standard InChI is InChI=1S/C22H26N2O2/c1-16-8-6-10-18(14-16)22(26,19-11-7-9-17(2)15-19)21(25)24-23-20-12-4-3-5-13-20/h6-11,14-15,26H,3-5,12-13H2,1-2H3,(H,24,25). The molecular weight excluding hydrogens is 324 g/mol. The Morgan fingerprint density at radius 1 is 0.962 bits per heavy atom. The lowest BCUT2D eigenvalue weighted by Gasteiger charge is -2.28. The van der Waals surface area contributed by atoms with Gasteiger partial charge in [0.25, 0.3) is 5.91 Å². The highest BCUT2D eigenvalue weighted by Gasteiger charge is 2.40. The minimum absolute atomic E-state index is 0.522. The minimum Gasteiger partial charge on any atom is -0.372 e. The lowest BCUT2D eigenvalue weighted by molar-refractivity contribution is -0.136. The molecule has 1 aliphatic carbocycles. The summed E-state index contributed by atoms with van der Waals surface area (Å²) in [6.07, 6.45) is 5.24. The lowest BCUT2D eigenvalue weighted by Crippen LogP contribution is -2.44. The van der Waals surface area contributed by atoms with E-state index < -0.39 is 11.5 Å². The van der Waals surface area contributed by atoms with E-state index in [0.29, 0.717) is 11.1 Å². The molecule has 0 aromatic heterocycles. The van der Waals surface area contributed by atoms with E-state index in [-0.39, 0.29) is 0 Å². The number of hydrogen-bond donors (Lipinski definition) is 2. The zero-order valence-corrected chi connectivity index (χ0v) is 15.5. The summed E-state index contributed by atoms with van der Waals surface area (Å²) in [5, 5.41) is 15.8. The maximum Gasteiger partial charge on any atom is 0.281 e. The van der Waals surface area contributed by atoms with Crippen LogP contribution in [0.3, 0.4) is 0 Å². The molecule has 136 valence electrons. The topological polar surface area (TPSA) is 61.7 Å². The Balaban J connectivity index is 1.98. The van der Waals surface area contributed by atoms with Gasteiger partial charge in [-0.05, 0) is 50.7 Å². The number of hydrazone groups is 1. The zero-order chi connectivity index (χ0) is 18.6. The Bertz CT molecular complexity index is 773. The van der Waals surface area contributed by atoms with Gasteiger partial charge in [0.15, 0.2) is 5.60 Å². The summed E-state index contributed by atoms with van der Waals surface area (Å²) in [6, 6.07) is 14.8. The molecule has 4 nitrogen and oxygen atoms in total. The Labute approximate surface area is 155 Å². The van der Waals surface area contributed by atoms with E-state index in [2.05, 4.69) is 10.5 Å². The van der Waals surface area contributed by atoms with Crippen molar-refractivity contribution in [2.24, 2.45) is 5.10 Å². The summed E-state index contributed by atoms with van der Waals surface area (Å²) in [5.41, 5.74) is 4.91. The summed E-state index contributed by atoms with van der Waals surface area (Å²) in [5.74, 6) is -0.522. The number of aryl methyl sites for hydroxylation is 2. The predicted molar refractivity (Wildman–Crippen MR) is 104 cm³/mol. The second-order valence-electron chi connectivity index (χ2n) is 7.13. The van der Waals surface area contributed by atoms with Crippen molar-refractivity contribution in [3.05, 3.63) is 70.8 Å². The van der Waals surface area contributed by atoms with E-state index in [0.717, 1.165) is 42.5 Å². The monoisotopic (exact) mass is 350 g/mol. The second-order valence-corrected chi connectivity index (χ2v) is 7.13. The Hall–Kier alpha value is -2.46. The summed E-state index contributed by atoms with van der Waals surface area (Å²) in [6.45, 7) is 3.89. The van der Waals surface area contributed by atoms with Crippen molar-refractivity contribution >= 4 is 11.6 Å². The van der Waals surface area contributed by atoms with Crippen molar-refractivity contribution in [2.75, 3.05) is 0 Å². The van der Waals surface area contributed by atoms with Crippen LogP contribution in [0.25, 0.3) is 0 Å².